The van der Waals surface area contributed by atoms with Crippen molar-refractivity contribution in [1.29, 1.82) is 0 Å². The molecule has 7 heteroatoms. The second kappa shape index (κ2) is 5.49. The summed E-state index contributed by atoms with van der Waals surface area (Å²) in [5, 5.41) is 14.8. The normalized spacial score (nSPS) is 10.4. The Balaban J connectivity index is 2.42. The molecule has 2 N–H and O–H groups in total. The molecular weight excluding hydrogens is 250 g/mol. The average Bonchev–Trinajstić information content (AvgIpc) is 2.88. The van der Waals surface area contributed by atoms with Gasteiger partial charge in [0, 0.05) is 17.7 Å². The minimum Gasteiger partial charge on any atom is -0.487 e. The lowest BCUT2D eigenvalue weighted by molar-refractivity contribution is -0.385. The Bertz CT molecular complexity index is 594. The third-order valence-corrected chi connectivity index (χ3v) is 2.51. The van der Waals surface area contributed by atoms with Gasteiger partial charge in [-0.1, -0.05) is 5.16 Å². The molecule has 0 fully saturated rings. The lowest BCUT2D eigenvalue weighted by Crippen LogP contribution is -1.97. The second-order valence-electron chi connectivity index (χ2n) is 3.76. The van der Waals surface area contributed by atoms with Crippen LogP contribution < -0.4 is 10.5 Å². The van der Waals surface area contributed by atoms with Crippen LogP contribution in [0.5, 0.6) is 5.75 Å². The van der Waals surface area contributed by atoms with Crippen LogP contribution >= 0.6 is 0 Å². The fourth-order valence-electron chi connectivity index (χ4n) is 1.64. The fraction of sp³-hybridized carbons (Fsp3) is 0.250. The van der Waals surface area contributed by atoms with Gasteiger partial charge >= 0.3 is 5.69 Å². The molecule has 0 aliphatic rings. The van der Waals surface area contributed by atoms with Crippen molar-refractivity contribution >= 4 is 5.69 Å². The molecule has 0 amide bonds. The first-order chi connectivity index (χ1) is 9.15. The Labute approximate surface area is 109 Å². The molecule has 100 valence electrons. The summed E-state index contributed by atoms with van der Waals surface area (Å²) in [5.41, 5.74) is 6.41. The van der Waals surface area contributed by atoms with Gasteiger partial charge < -0.3 is 15.0 Å². The highest BCUT2D eigenvalue weighted by molar-refractivity contribution is 5.65. The maximum Gasteiger partial charge on any atom is 0.311 e. The summed E-state index contributed by atoms with van der Waals surface area (Å²) < 4.78 is 10.2. The number of hydrogen-bond donors (Lipinski definition) is 1. The van der Waals surface area contributed by atoms with E-state index in [4.69, 9.17) is 15.0 Å². The first-order valence-corrected chi connectivity index (χ1v) is 5.73. The lowest BCUT2D eigenvalue weighted by atomic mass is 10.1. The van der Waals surface area contributed by atoms with Crippen molar-refractivity contribution in [2.45, 2.75) is 13.5 Å². The van der Waals surface area contributed by atoms with Crippen molar-refractivity contribution in [3.05, 3.63) is 40.1 Å². The van der Waals surface area contributed by atoms with Crippen molar-refractivity contribution in [1.82, 2.24) is 5.16 Å². The predicted molar refractivity (Wildman–Crippen MR) is 67.7 cm³/mol. The molecule has 2 rings (SSSR count). The van der Waals surface area contributed by atoms with Crippen LogP contribution in [0.4, 0.5) is 5.69 Å². The lowest BCUT2D eigenvalue weighted by Gasteiger charge is -2.04. The summed E-state index contributed by atoms with van der Waals surface area (Å²) in [5.74, 6) is 0.755. The first kappa shape index (κ1) is 13.0. The number of nitrogens with zero attached hydrogens (tertiary/aromatic N) is 2. The topological polar surface area (TPSA) is 104 Å². The van der Waals surface area contributed by atoms with Crippen LogP contribution in [0.1, 0.15) is 12.7 Å². The van der Waals surface area contributed by atoms with E-state index in [0.717, 1.165) is 0 Å². The number of rotatable bonds is 5. The average molecular weight is 263 g/mol. The van der Waals surface area contributed by atoms with Gasteiger partial charge in [-0.2, -0.15) is 0 Å². The molecule has 7 nitrogen and oxygen atoms in total. The Morgan fingerprint density at radius 3 is 2.84 bits per heavy atom. The number of benzene rings is 1. The largest absolute Gasteiger partial charge is 0.487 e. The Morgan fingerprint density at radius 2 is 2.26 bits per heavy atom. The zero-order chi connectivity index (χ0) is 13.8. The zero-order valence-corrected chi connectivity index (χ0v) is 10.3. The Hall–Kier alpha value is -2.41. The van der Waals surface area contributed by atoms with Gasteiger partial charge in [0.15, 0.2) is 11.5 Å². The maximum atomic E-state index is 11.0. The van der Waals surface area contributed by atoms with Gasteiger partial charge in [-0.15, -0.1) is 0 Å². The van der Waals surface area contributed by atoms with E-state index in [0.29, 0.717) is 23.6 Å². The van der Waals surface area contributed by atoms with Crippen LogP contribution in [0.3, 0.4) is 0 Å². The zero-order valence-electron chi connectivity index (χ0n) is 10.3. The highest BCUT2D eigenvalue weighted by Crippen LogP contribution is 2.32. The van der Waals surface area contributed by atoms with Crippen molar-refractivity contribution < 1.29 is 14.2 Å². The van der Waals surface area contributed by atoms with E-state index in [1.165, 1.54) is 6.07 Å². The van der Waals surface area contributed by atoms with E-state index in [1.54, 1.807) is 25.1 Å². The third kappa shape index (κ3) is 2.71. The SMILES string of the molecule is CCOc1ccc(-c2cc(CN)on2)cc1[N+](=O)[O-]. The van der Waals surface area contributed by atoms with Gasteiger partial charge in [-0.3, -0.25) is 10.1 Å². The monoisotopic (exact) mass is 263 g/mol. The first-order valence-electron chi connectivity index (χ1n) is 5.73. The molecule has 1 heterocycles. The van der Waals surface area contributed by atoms with Crippen LogP contribution in [0, 0.1) is 10.1 Å². The van der Waals surface area contributed by atoms with Crippen LogP contribution in [0.2, 0.25) is 0 Å². The van der Waals surface area contributed by atoms with E-state index >= 15 is 0 Å². The molecule has 0 atom stereocenters. The van der Waals surface area contributed by atoms with Gasteiger partial charge in [0.05, 0.1) is 18.1 Å². The minimum absolute atomic E-state index is 0.100. The second-order valence-corrected chi connectivity index (χ2v) is 3.76. The van der Waals surface area contributed by atoms with Gasteiger partial charge in [0.2, 0.25) is 0 Å². The van der Waals surface area contributed by atoms with E-state index in [2.05, 4.69) is 5.16 Å². The Kier molecular flexibility index (Phi) is 3.76. The molecule has 19 heavy (non-hydrogen) atoms. The predicted octanol–water partition coefficient (Wildman–Crippen LogP) is 2.11. The van der Waals surface area contributed by atoms with Gasteiger partial charge in [0.25, 0.3) is 0 Å². The molecule has 0 spiro atoms. The molecule has 1 aromatic carbocycles. The molecule has 0 aliphatic heterocycles. The summed E-state index contributed by atoms with van der Waals surface area (Å²) in [6.07, 6.45) is 0. The maximum absolute atomic E-state index is 11.0. The quantitative estimate of drug-likeness (QED) is 0.654. The number of nitrogens with two attached hydrogens (primary N) is 1. The van der Waals surface area contributed by atoms with E-state index < -0.39 is 4.92 Å². The van der Waals surface area contributed by atoms with Crippen LogP contribution in [0.25, 0.3) is 11.3 Å². The van der Waals surface area contributed by atoms with Gasteiger partial charge in [-0.05, 0) is 19.1 Å². The van der Waals surface area contributed by atoms with Crippen molar-refractivity contribution in [2.75, 3.05) is 6.61 Å². The molecular formula is C12H13N3O4. The van der Waals surface area contributed by atoms with E-state index in [9.17, 15) is 10.1 Å². The number of ether oxygens (including phenoxy) is 1. The van der Waals surface area contributed by atoms with Crippen LogP contribution in [-0.4, -0.2) is 16.7 Å². The van der Waals surface area contributed by atoms with Crippen LogP contribution in [-0.2, 0) is 6.54 Å². The summed E-state index contributed by atoms with van der Waals surface area (Å²) in [6, 6.07) is 6.30. The minimum atomic E-state index is -0.488. The fourth-order valence-corrected chi connectivity index (χ4v) is 1.64. The molecule has 1 aromatic heterocycles. The molecule has 0 saturated heterocycles. The molecule has 0 saturated carbocycles. The molecule has 0 bridgehead atoms. The van der Waals surface area contributed by atoms with Crippen molar-refractivity contribution in [3.63, 3.8) is 0 Å². The van der Waals surface area contributed by atoms with Gasteiger partial charge in [-0.25, -0.2) is 0 Å². The molecule has 0 radical (unpaired) electrons. The number of hydrogen-bond acceptors (Lipinski definition) is 6. The summed E-state index contributed by atoms with van der Waals surface area (Å²) >= 11 is 0. The van der Waals surface area contributed by atoms with Crippen molar-refractivity contribution in [2.24, 2.45) is 5.73 Å². The van der Waals surface area contributed by atoms with Crippen molar-refractivity contribution in [3.8, 4) is 17.0 Å². The number of nitro groups is 1. The summed E-state index contributed by atoms with van der Waals surface area (Å²) in [6.45, 7) is 2.36. The standard InChI is InChI=1S/C12H13N3O4/c1-2-18-12-4-3-8(5-11(12)15(16)17)10-6-9(7-13)19-14-10/h3-6H,2,7,13H2,1H3. The smallest absolute Gasteiger partial charge is 0.311 e. The highest BCUT2D eigenvalue weighted by Gasteiger charge is 2.17. The summed E-state index contributed by atoms with van der Waals surface area (Å²) in [7, 11) is 0. The molecule has 2 aromatic rings. The Morgan fingerprint density at radius 1 is 1.47 bits per heavy atom. The van der Waals surface area contributed by atoms with E-state index in [-0.39, 0.29) is 18.0 Å². The highest BCUT2D eigenvalue weighted by atomic mass is 16.6. The summed E-state index contributed by atoms with van der Waals surface area (Å²) in [4.78, 5) is 10.5. The number of aromatic nitrogens is 1. The van der Waals surface area contributed by atoms with Gasteiger partial charge in [0.1, 0.15) is 5.69 Å². The van der Waals surface area contributed by atoms with E-state index in [1.807, 2.05) is 0 Å². The van der Waals surface area contributed by atoms with Crippen LogP contribution in [0.15, 0.2) is 28.8 Å². The molecule has 0 unspecified atom stereocenters. The number of nitro benzene ring substituents is 1. The third-order valence-electron chi connectivity index (χ3n) is 2.51. The molecule has 0 aliphatic carbocycles.